The van der Waals surface area contributed by atoms with Crippen molar-refractivity contribution in [1.29, 1.82) is 0 Å². The second-order valence-corrected chi connectivity index (χ2v) is 7.25. The number of anilines is 1. The fourth-order valence-electron chi connectivity index (χ4n) is 2.29. The molecule has 0 spiro atoms. The molecule has 0 aromatic heterocycles. The average Bonchev–Trinajstić information content (AvgIpc) is 2.98. The van der Waals surface area contributed by atoms with Crippen LogP contribution in [-0.4, -0.2) is 27.0 Å². The van der Waals surface area contributed by atoms with E-state index in [1.54, 1.807) is 0 Å². The smallest absolute Gasteiger partial charge is 0.326 e. The van der Waals surface area contributed by atoms with Gasteiger partial charge < -0.3 is 5.32 Å². The van der Waals surface area contributed by atoms with Gasteiger partial charge in [0.1, 0.15) is 6.54 Å². The Morgan fingerprint density at radius 3 is 2.42 bits per heavy atom. The third kappa shape index (κ3) is 5.64. The Balaban J connectivity index is 1.94. The van der Waals surface area contributed by atoms with Crippen molar-refractivity contribution in [2.75, 3.05) is 11.9 Å². The van der Waals surface area contributed by atoms with E-state index in [9.17, 15) is 26.4 Å². The molecule has 1 aliphatic carbocycles. The summed E-state index contributed by atoms with van der Waals surface area (Å²) in [6.07, 6.45) is 1.59. The Morgan fingerprint density at radius 1 is 1.21 bits per heavy atom. The van der Waals surface area contributed by atoms with Crippen LogP contribution in [0.1, 0.15) is 19.3 Å². The quantitative estimate of drug-likeness (QED) is 0.764. The van der Waals surface area contributed by atoms with Crippen molar-refractivity contribution in [3.05, 3.63) is 36.4 Å². The van der Waals surface area contributed by atoms with E-state index >= 15 is 0 Å². The van der Waals surface area contributed by atoms with Gasteiger partial charge in [-0.1, -0.05) is 12.2 Å². The highest BCUT2D eigenvalue weighted by Gasteiger charge is 2.30. The number of benzene rings is 1. The molecule has 2 rings (SSSR count). The molecule has 1 aromatic carbocycles. The molecule has 0 aliphatic heterocycles. The van der Waals surface area contributed by atoms with Crippen LogP contribution in [0.15, 0.2) is 41.3 Å². The Morgan fingerprint density at radius 2 is 1.88 bits per heavy atom. The molecule has 0 radical (unpaired) electrons. The Bertz CT molecular complexity index is 712. The summed E-state index contributed by atoms with van der Waals surface area (Å²) < 4.78 is 61.2. The summed E-state index contributed by atoms with van der Waals surface area (Å²) in [7, 11) is -4.25. The minimum Gasteiger partial charge on any atom is -0.326 e. The van der Waals surface area contributed by atoms with Gasteiger partial charge in [-0.2, -0.15) is 13.2 Å². The molecule has 1 aliphatic rings. The van der Waals surface area contributed by atoms with Gasteiger partial charge in [0.05, 0.1) is 4.90 Å². The van der Waals surface area contributed by atoms with Gasteiger partial charge in [-0.3, -0.25) is 4.79 Å². The highest BCUT2D eigenvalue weighted by Crippen LogP contribution is 2.21. The number of sulfonamides is 1. The van der Waals surface area contributed by atoms with E-state index in [1.807, 2.05) is 12.2 Å². The molecule has 24 heavy (non-hydrogen) atoms. The molecule has 1 amide bonds. The Kier molecular flexibility index (Phi) is 5.66. The number of carbonyl (C=O) groups excluding carboxylic acids is 1. The summed E-state index contributed by atoms with van der Waals surface area (Å²) in [5.41, 5.74) is 0.386. The van der Waals surface area contributed by atoms with E-state index in [0.29, 0.717) is 12.1 Å². The highest BCUT2D eigenvalue weighted by atomic mass is 32.2. The molecule has 0 heterocycles. The van der Waals surface area contributed by atoms with Crippen LogP contribution in [0.4, 0.5) is 18.9 Å². The largest absolute Gasteiger partial charge is 0.402 e. The second kappa shape index (κ2) is 7.35. The maximum atomic E-state index is 12.1. The highest BCUT2D eigenvalue weighted by molar-refractivity contribution is 7.89. The third-order valence-corrected chi connectivity index (χ3v) is 4.89. The van der Waals surface area contributed by atoms with Gasteiger partial charge in [0.2, 0.25) is 15.9 Å². The summed E-state index contributed by atoms with van der Waals surface area (Å²) in [5.74, 6) is 0.00794. The summed E-state index contributed by atoms with van der Waals surface area (Å²) in [6, 6.07) is 4.96. The van der Waals surface area contributed by atoms with Gasteiger partial charge in [0, 0.05) is 12.1 Å². The molecule has 1 unspecified atom stereocenters. The van der Waals surface area contributed by atoms with Crippen LogP contribution in [0.5, 0.6) is 0 Å². The van der Waals surface area contributed by atoms with Crippen molar-refractivity contribution in [1.82, 2.24) is 4.72 Å². The first-order valence-corrected chi connectivity index (χ1v) is 8.77. The lowest BCUT2D eigenvalue weighted by Crippen LogP contribution is -2.33. The van der Waals surface area contributed by atoms with E-state index in [-0.39, 0.29) is 16.7 Å². The van der Waals surface area contributed by atoms with Crippen LogP contribution >= 0.6 is 0 Å². The summed E-state index contributed by atoms with van der Waals surface area (Å²) >= 11 is 0. The number of alkyl halides is 3. The van der Waals surface area contributed by atoms with Gasteiger partial charge in [0.25, 0.3) is 0 Å². The number of allylic oxidation sites excluding steroid dienone is 2. The number of nitrogens with one attached hydrogen (secondary N) is 2. The molecule has 1 atom stereocenters. The molecule has 1 aromatic rings. The van der Waals surface area contributed by atoms with Crippen molar-refractivity contribution in [2.24, 2.45) is 5.92 Å². The first kappa shape index (κ1) is 18.5. The number of carbonyl (C=O) groups is 1. The molecule has 0 bridgehead atoms. The first-order chi connectivity index (χ1) is 11.2. The number of hydrogen-bond donors (Lipinski definition) is 2. The average molecular weight is 362 g/mol. The van der Waals surface area contributed by atoms with Crippen molar-refractivity contribution in [3.63, 3.8) is 0 Å². The number of hydrogen-bond acceptors (Lipinski definition) is 3. The predicted molar refractivity (Wildman–Crippen MR) is 82.8 cm³/mol. The second-order valence-electron chi connectivity index (χ2n) is 5.48. The molecule has 0 fully saturated rings. The van der Waals surface area contributed by atoms with E-state index in [2.05, 4.69) is 5.32 Å². The molecule has 2 N–H and O–H groups in total. The monoisotopic (exact) mass is 362 g/mol. The zero-order valence-corrected chi connectivity index (χ0v) is 13.5. The topological polar surface area (TPSA) is 75.3 Å². The normalized spacial score (nSPS) is 17.9. The summed E-state index contributed by atoms with van der Waals surface area (Å²) in [6.45, 7) is -1.64. The van der Waals surface area contributed by atoms with Crippen LogP contribution < -0.4 is 10.0 Å². The van der Waals surface area contributed by atoms with E-state index in [4.69, 9.17) is 0 Å². The minimum absolute atomic E-state index is 0.197. The van der Waals surface area contributed by atoms with Crippen LogP contribution in [0.2, 0.25) is 0 Å². The van der Waals surface area contributed by atoms with Gasteiger partial charge in [-0.05, 0) is 43.0 Å². The summed E-state index contributed by atoms with van der Waals surface area (Å²) in [5, 5.41) is 2.64. The van der Waals surface area contributed by atoms with Gasteiger partial charge in [0.15, 0.2) is 0 Å². The predicted octanol–water partition coefficient (Wildman–Crippen LogP) is 2.82. The molecule has 0 saturated heterocycles. The maximum absolute atomic E-state index is 12.1. The Labute approximate surface area is 138 Å². The SMILES string of the molecule is O=C(CC1C=CCC1)Nc1ccc(S(=O)(=O)NCC(F)(F)F)cc1. The van der Waals surface area contributed by atoms with Gasteiger partial charge in [-0.25, -0.2) is 13.1 Å². The van der Waals surface area contributed by atoms with E-state index < -0.39 is 22.7 Å². The van der Waals surface area contributed by atoms with Crippen molar-refractivity contribution in [3.8, 4) is 0 Å². The molecule has 132 valence electrons. The van der Waals surface area contributed by atoms with Gasteiger partial charge >= 0.3 is 6.18 Å². The zero-order valence-electron chi connectivity index (χ0n) is 12.6. The lowest BCUT2D eigenvalue weighted by Gasteiger charge is -2.11. The lowest BCUT2D eigenvalue weighted by molar-refractivity contribution is -0.121. The number of amides is 1. The van der Waals surface area contributed by atoms with E-state index in [0.717, 1.165) is 25.0 Å². The number of rotatable bonds is 6. The minimum atomic E-state index is -4.63. The summed E-state index contributed by atoms with van der Waals surface area (Å²) in [4.78, 5) is 11.6. The van der Waals surface area contributed by atoms with Crippen LogP contribution in [0.3, 0.4) is 0 Å². The Hall–Kier alpha value is -1.87. The lowest BCUT2D eigenvalue weighted by atomic mass is 10.1. The fraction of sp³-hybridized carbons (Fsp3) is 0.400. The molecular weight excluding hydrogens is 345 g/mol. The van der Waals surface area contributed by atoms with Gasteiger partial charge in [-0.15, -0.1) is 0 Å². The van der Waals surface area contributed by atoms with Crippen LogP contribution in [-0.2, 0) is 14.8 Å². The molecule has 0 saturated carbocycles. The third-order valence-electron chi connectivity index (χ3n) is 3.47. The number of halogens is 3. The van der Waals surface area contributed by atoms with E-state index in [1.165, 1.54) is 16.9 Å². The van der Waals surface area contributed by atoms with Crippen molar-refractivity contribution >= 4 is 21.6 Å². The van der Waals surface area contributed by atoms with Crippen molar-refractivity contribution in [2.45, 2.75) is 30.3 Å². The zero-order chi connectivity index (χ0) is 17.8. The maximum Gasteiger partial charge on any atom is 0.402 e. The molecule has 9 heteroatoms. The molecule has 5 nitrogen and oxygen atoms in total. The standard InChI is InChI=1S/C15H17F3N2O3S/c16-15(17,18)10-19-24(22,23)13-7-5-12(6-8-13)20-14(21)9-11-3-1-2-4-11/h1,3,5-8,11,19H,2,4,9-10H2,(H,20,21). The first-order valence-electron chi connectivity index (χ1n) is 7.29. The van der Waals surface area contributed by atoms with Crippen molar-refractivity contribution < 1.29 is 26.4 Å². The van der Waals surface area contributed by atoms with Crippen LogP contribution in [0, 0.1) is 5.92 Å². The fourth-order valence-corrected chi connectivity index (χ4v) is 3.31. The van der Waals surface area contributed by atoms with Crippen LogP contribution in [0.25, 0.3) is 0 Å². The molecular formula is C15H17F3N2O3S.